The van der Waals surface area contributed by atoms with Crippen molar-refractivity contribution in [2.45, 2.75) is 26.7 Å². The van der Waals surface area contributed by atoms with Gasteiger partial charge in [-0.15, -0.1) is 0 Å². The van der Waals surface area contributed by atoms with E-state index in [0.29, 0.717) is 41.4 Å². The Morgan fingerprint density at radius 1 is 0.906 bits per heavy atom. The summed E-state index contributed by atoms with van der Waals surface area (Å²) >= 11 is 6.04. The quantitative estimate of drug-likeness (QED) is 0.277. The molecule has 5 heteroatoms. The predicted octanol–water partition coefficient (Wildman–Crippen LogP) is 6.83. The maximum Gasteiger partial charge on any atom is 0.235 e. The van der Waals surface area contributed by atoms with Crippen LogP contribution in [-0.4, -0.2) is 13.2 Å². The summed E-state index contributed by atoms with van der Waals surface area (Å²) in [6.07, 6.45) is 1.46. The summed E-state index contributed by atoms with van der Waals surface area (Å²) in [6, 6.07) is 20.8. The van der Waals surface area contributed by atoms with Crippen LogP contribution in [0.4, 0.5) is 0 Å². The normalized spacial score (nSPS) is 11.0. The summed E-state index contributed by atoms with van der Waals surface area (Å²) in [5, 5.41) is 1.13. The first kappa shape index (κ1) is 22.0. The van der Waals surface area contributed by atoms with Crippen molar-refractivity contribution >= 4 is 22.6 Å². The fourth-order valence-electron chi connectivity index (χ4n) is 3.43. The number of rotatable bonds is 8. The van der Waals surface area contributed by atoms with Crippen LogP contribution in [-0.2, 0) is 6.42 Å². The molecule has 0 fully saturated rings. The number of fused-ring (bicyclic) bond motifs is 1. The molecule has 0 aliphatic rings. The highest BCUT2D eigenvalue weighted by Gasteiger charge is 2.18. The van der Waals surface area contributed by atoms with Gasteiger partial charge in [0, 0.05) is 17.0 Å². The molecule has 0 N–H and O–H groups in total. The van der Waals surface area contributed by atoms with Crippen molar-refractivity contribution in [3.8, 4) is 22.8 Å². The molecule has 32 heavy (non-hydrogen) atoms. The Balaban J connectivity index is 1.58. The Hall–Kier alpha value is -3.24. The second-order valence-corrected chi connectivity index (χ2v) is 8.08. The minimum Gasteiger partial charge on any atom is -0.493 e. The molecule has 0 bridgehead atoms. The molecule has 4 nitrogen and oxygen atoms in total. The van der Waals surface area contributed by atoms with Gasteiger partial charge >= 0.3 is 0 Å². The summed E-state index contributed by atoms with van der Waals surface area (Å²) < 4.78 is 17.9. The fourth-order valence-corrected chi connectivity index (χ4v) is 3.55. The molecule has 1 heterocycles. The fraction of sp³-hybridized carbons (Fsp3) is 0.222. The average Bonchev–Trinajstić information content (AvgIpc) is 2.81. The van der Waals surface area contributed by atoms with Crippen LogP contribution in [0.1, 0.15) is 24.5 Å². The van der Waals surface area contributed by atoms with E-state index in [-0.39, 0.29) is 11.2 Å². The van der Waals surface area contributed by atoms with Gasteiger partial charge in [0.25, 0.3) is 0 Å². The number of aryl methyl sites for hydroxylation is 2. The number of benzene rings is 3. The van der Waals surface area contributed by atoms with Gasteiger partial charge < -0.3 is 13.9 Å². The summed E-state index contributed by atoms with van der Waals surface area (Å²) in [5.74, 6) is 1.43. The third kappa shape index (κ3) is 4.97. The van der Waals surface area contributed by atoms with Crippen molar-refractivity contribution < 1.29 is 13.9 Å². The lowest BCUT2D eigenvalue weighted by molar-refractivity contribution is 0.244. The molecule has 0 aliphatic carbocycles. The maximum absolute atomic E-state index is 13.3. The minimum absolute atomic E-state index is 0.175. The molecular formula is C27H25ClO4. The van der Waals surface area contributed by atoms with Gasteiger partial charge in [-0.1, -0.05) is 42.3 Å². The molecule has 3 aromatic carbocycles. The molecule has 0 unspecified atom stereocenters. The number of hydrogen-bond donors (Lipinski definition) is 0. The zero-order valence-corrected chi connectivity index (χ0v) is 18.9. The van der Waals surface area contributed by atoms with Crippen LogP contribution in [0.15, 0.2) is 75.9 Å². The third-order valence-corrected chi connectivity index (χ3v) is 5.50. The van der Waals surface area contributed by atoms with E-state index in [0.717, 1.165) is 23.3 Å². The largest absolute Gasteiger partial charge is 0.493 e. The van der Waals surface area contributed by atoms with Gasteiger partial charge in [0.15, 0.2) is 5.76 Å². The van der Waals surface area contributed by atoms with Crippen molar-refractivity contribution in [3.05, 3.63) is 93.1 Å². The van der Waals surface area contributed by atoms with Gasteiger partial charge in [0.1, 0.15) is 11.3 Å². The van der Waals surface area contributed by atoms with E-state index in [1.165, 1.54) is 5.56 Å². The van der Waals surface area contributed by atoms with Crippen LogP contribution < -0.4 is 14.9 Å². The van der Waals surface area contributed by atoms with Crippen LogP contribution in [0.2, 0.25) is 5.02 Å². The van der Waals surface area contributed by atoms with Crippen molar-refractivity contribution in [1.82, 2.24) is 0 Å². The van der Waals surface area contributed by atoms with Crippen LogP contribution in [0.3, 0.4) is 0 Å². The Morgan fingerprint density at radius 3 is 2.34 bits per heavy atom. The minimum atomic E-state index is -0.175. The van der Waals surface area contributed by atoms with E-state index in [4.69, 9.17) is 25.5 Å². The first-order valence-electron chi connectivity index (χ1n) is 10.7. The lowest BCUT2D eigenvalue weighted by atomic mass is 10.1. The summed E-state index contributed by atoms with van der Waals surface area (Å²) in [7, 11) is 0. The molecule has 0 radical (unpaired) electrons. The Bertz CT molecular complexity index is 1260. The van der Waals surface area contributed by atoms with E-state index in [1.807, 2.05) is 61.5 Å². The Kier molecular flexibility index (Phi) is 6.81. The van der Waals surface area contributed by atoms with Crippen molar-refractivity contribution in [2.24, 2.45) is 0 Å². The first-order valence-corrected chi connectivity index (χ1v) is 11.1. The number of hydrogen-bond acceptors (Lipinski definition) is 4. The highest BCUT2D eigenvalue weighted by molar-refractivity contribution is 6.30. The monoisotopic (exact) mass is 448 g/mol. The van der Waals surface area contributed by atoms with Gasteiger partial charge in [-0.3, -0.25) is 4.79 Å². The van der Waals surface area contributed by atoms with Gasteiger partial charge in [-0.05, 0) is 67.4 Å². The standard InChI is InChI=1S/C27H25ClO4/c1-3-19-7-14-24-23(17-19)25(29)27(26(32-24)20-8-10-21(28)11-9-20)31-16-4-15-30-22-12-5-18(2)6-13-22/h5-14,17H,3-4,15-16H2,1-2H3. The van der Waals surface area contributed by atoms with Gasteiger partial charge in [0.2, 0.25) is 11.2 Å². The molecule has 0 saturated carbocycles. The van der Waals surface area contributed by atoms with Crippen LogP contribution in [0, 0.1) is 6.92 Å². The molecule has 4 aromatic rings. The highest BCUT2D eigenvalue weighted by atomic mass is 35.5. The maximum atomic E-state index is 13.3. The molecule has 0 amide bonds. The summed E-state index contributed by atoms with van der Waals surface area (Å²) in [5.41, 5.74) is 3.35. The molecule has 4 rings (SSSR count). The molecular weight excluding hydrogens is 424 g/mol. The molecule has 0 aliphatic heterocycles. The second kappa shape index (κ2) is 9.92. The zero-order valence-electron chi connectivity index (χ0n) is 18.2. The number of halogens is 1. The van der Waals surface area contributed by atoms with E-state index in [1.54, 1.807) is 12.1 Å². The highest BCUT2D eigenvalue weighted by Crippen LogP contribution is 2.32. The summed E-state index contributed by atoms with van der Waals surface area (Å²) in [4.78, 5) is 13.3. The lowest BCUT2D eigenvalue weighted by Gasteiger charge is -2.13. The second-order valence-electron chi connectivity index (χ2n) is 7.64. The smallest absolute Gasteiger partial charge is 0.235 e. The molecule has 0 atom stereocenters. The molecule has 164 valence electrons. The Labute approximate surface area is 192 Å². The third-order valence-electron chi connectivity index (χ3n) is 5.25. The van der Waals surface area contributed by atoms with E-state index >= 15 is 0 Å². The predicted molar refractivity (Wildman–Crippen MR) is 129 cm³/mol. The van der Waals surface area contributed by atoms with Crippen molar-refractivity contribution in [3.63, 3.8) is 0 Å². The summed E-state index contributed by atoms with van der Waals surface area (Å²) in [6.45, 7) is 4.90. The SMILES string of the molecule is CCc1ccc2oc(-c3ccc(Cl)cc3)c(OCCCOc3ccc(C)cc3)c(=O)c2c1. The lowest BCUT2D eigenvalue weighted by Crippen LogP contribution is -2.13. The van der Waals surface area contributed by atoms with Crippen LogP contribution >= 0.6 is 11.6 Å². The van der Waals surface area contributed by atoms with Crippen molar-refractivity contribution in [1.29, 1.82) is 0 Å². The molecule has 1 aromatic heterocycles. The van der Waals surface area contributed by atoms with E-state index in [9.17, 15) is 4.79 Å². The average molecular weight is 449 g/mol. The van der Waals surface area contributed by atoms with Crippen LogP contribution in [0.5, 0.6) is 11.5 Å². The zero-order chi connectivity index (χ0) is 22.5. The Morgan fingerprint density at radius 2 is 1.62 bits per heavy atom. The topological polar surface area (TPSA) is 48.7 Å². The molecule has 0 saturated heterocycles. The van der Waals surface area contributed by atoms with Gasteiger partial charge in [-0.25, -0.2) is 0 Å². The van der Waals surface area contributed by atoms with Crippen LogP contribution in [0.25, 0.3) is 22.3 Å². The van der Waals surface area contributed by atoms with Gasteiger partial charge in [-0.2, -0.15) is 0 Å². The molecule has 0 spiro atoms. The van der Waals surface area contributed by atoms with E-state index < -0.39 is 0 Å². The van der Waals surface area contributed by atoms with Gasteiger partial charge in [0.05, 0.1) is 18.6 Å². The number of ether oxygens (including phenoxy) is 2. The van der Waals surface area contributed by atoms with E-state index in [2.05, 4.69) is 6.92 Å². The van der Waals surface area contributed by atoms with Crippen molar-refractivity contribution in [2.75, 3.05) is 13.2 Å². The first-order chi connectivity index (χ1) is 15.5.